The molecule has 0 aliphatic carbocycles. The number of unbranched alkanes of at least 4 members (excludes halogenated alkanes) is 1. The number of anilines is 1. The minimum Gasteiger partial charge on any atom is -0.494 e. The van der Waals surface area contributed by atoms with Gasteiger partial charge in [0, 0.05) is 5.56 Å². The number of nitrogens with one attached hydrogen (secondary N) is 2. The van der Waals surface area contributed by atoms with Gasteiger partial charge in [0.1, 0.15) is 5.75 Å². The fraction of sp³-hybridized carbons (Fsp3) is 0.391. The maximum Gasteiger partial charge on any atom is 0.256 e. The van der Waals surface area contributed by atoms with Gasteiger partial charge in [-0.3, -0.25) is 9.59 Å². The molecule has 0 aromatic heterocycles. The topological polar surface area (TPSA) is 63.1 Å². The molecule has 0 unspecified atom stereocenters. The molecule has 2 amide bonds. The van der Waals surface area contributed by atoms with Crippen LogP contribution < -0.4 is 15.0 Å². The van der Waals surface area contributed by atoms with Gasteiger partial charge >= 0.3 is 0 Å². The van der Waals surface area contributed by atoms with E-state index in [1.165, 1.54) is 4.90 Å². The quantitative estimate of drug-likeness (QED) is 0.705. The lowest BCUT2D eigenvalue weighted by atomic mass is 10.1. The zero-order valence-electron chi connectivity index (χ0n) is 17.2. The number of hydrogen-bond acceptors (Lipinski definition) is 3. The first-order valence-electron chi connectivity index (χ1n) is 10.3. The van der Waals surface area contributed by atoms with Gasteiger partial charge in [-0.05, 0) is 42.8 Å². The Balaban J connectivity index is 1.67. The number of para-hydroxylation sites is 1. The predicted molar refractivity (Wildman–Crippen MR) is 114 cm³/mol. The SMILES string of the molecule is CCCCOc1ccc(C(=O)Nc2ccccc2C(=O)N2CC[NH+](C)CC2)cc1. The van der Waals surface area contributed by atoms with Crippen LogP contribution in [0.1, 0.15) is 40.5 Å². The molecule has 0 radical (unpaired) electrons. The van der Waals surface area contributed by atoms with Crippen LogP contribution >= 0.6 is 0 Å². The second-order valence-electron chi connectivity index (χ2n) is 7.48. The first-order chi connectivity index (χ1) is 14.1. The molecular formula is C23H30N3O3+. The fourth-order valence-corrected chi connectivity index (χ4v) is 3.27. The van der Waals surface area contributed by atoms with Gasteiger partial charge in [-0.25, -0.2) is 0 Å². The number of amides is 2. The molecule has 0 bridgehead atoms. The number of piperazine rings is 1. The first-order valence-corrected chi connectivity index (χ1v) is 10.3. The highest BCUT2D eigenvalue weighted by atomic mass is 16.5. The van der Waals surface area contributed by atoms with Gasteiger partial charge in [-0.2, -0.15) is 0 Å². The Bertz CT molecular complexity index is 828. The molecule has 2 aromatic carbocycles. The van der Waals surface area contributed by atoms with Gasteiger partial charge in [0.25, 0.3) is 11.8 Å². The highest BCUT2D eigenvalue weighted by molar-refractivity contribution is 6.09. The highest BCUT2D eigenvalue weighted by Gasteiger charge is 2.24. The monoisotopic (exact) mass is 396 g/mol. The van der Waals surface area contributed by atoms with E-state index in [-0.39, 0.29) is 11.8 Å². The van der Waals surface area contributed by atoms with Gasteiger partial charge in [0.2, 0.25) is 0 Å². The number of carbonyl (C=O) groups excluding carboxylic acids is 2. The molecule has 0 saturated carbocycles. The predicted octanol–water partition coefficient (Wildman–Crippen LogP) is 2.09. The van der Waals surface area contributed by atoms with Crippen molar-refractivity contribution in [3.63, 3.8) is 0 Å². The second-order valence-corrected chi connectivity index (χ2v) is 7.48. The third-order valence-corrected chi connectivity index (χ3v) is 5.19. The largest absolute Gasteiger partial charge is 0.494 e. The van der Waals surface area contributed by atoms with E-state index in [9.17, 15) is 9.59 Å². The molecule has 1 aliphatic rings. The van der Waals surface area contributed by atoms with E-state index in [1.807, 2.05) is 17.0 Å². The lowest BCUT2D eigenvalue weighted by molar-refractivity contribution is -0.883. The van der Waals surface area contributed by atoms with Crippen LogP contribution in [0.2, 0.25) is 0 Å². The van der Waals surface area contributed by atoms with Crippen molar-refractivity contribution >= 4 is 17.5 Å². The standard InChI is InChI=1S/C23H29N3O3/c1-3-4-17-29-19-11-9-18(10-12-19)22(27)24-21-8-6-5-7-20(21)23(28)26-15-13-25(2)14-16-26/h5-12H,3-4,13-17H2,1-2H3,(H,24,27)/p+1. The van der Waals surface area contributed by atoms with Crippen molar-refractivity contribution in [3.05, 3.63) is 59.7 Å². The number of nitrogens with zero attached hydrogens (tertiary/aromatic N) is 1. The summed E-state index contributed by atoms with van der Waals surface area (Å²) in [5.41, 5.74) is 1.59. The summed E-state index contributed by atoms with van der Waals surface area (Å²) in [6.07, 6.45) is 2.08. The Morgan fingerprint density at radius 2 is 1.76 bits per heavy atom. The summed E-state index contributed by atoms with van der Waals surface area (Å²) < 4.78 is 5.64. The first kappa shape index (κ1) is 20.9. The Morgan fingerprint density at radius 1 is 1.07 bits per heavy atom. The van der Waals surface area contributed by atoms with Crippen LogP contribution in [0, 0.1) is 0 Å². The summed E-state index contributed by atoms with van der Waals surface area (Å²) in [4.78, 5) is 29.0. The number of ether oxygens (including phenoxy) is 1. The van der Waals surface area contributed by atoms with E-state index < -0.39 is 0 Å². The molecule has 1 saturated heterocycles. The number of benzene rings is 2. The maximum absolute atomic E-state index is 13.0. The van der Waals surface area contributed by atoms with Crippen molar-refractivity contribution in [2.75, 3.05) is 45.2 Å². The van der Waals surface area contributed by atoms with Crippen molar-refractivity contribution in [1.82, 2.24) is 4.90 Å². The van der Waals surface area contributed by atoms with Crippen LogP contribution in [0.5, 0.6) is 5.75 Å². The number of likely N-dealkylation sites (N-methyl/N-ethyl adjacent to an activating group) is 1. The van der Waals surface area contributed by atoms with Gasteiger partial charge in [0.15, 0.2) is 0 Å². The van der Waals surface area contributed by atoms with E-state index in [0.29, 0.717) is 23.4 Å². The summed E-state index contributed by atoms with van der Waals surface area (Å²) >= 11 is 0. The van der Waals surface area contributed by atoms with Gasteiger partial charge in [0.05, 0.1) is 51.1 Å². The third-order valence-electron chi connectivity index (χ3n) is 5.19. The molecule has 2 N–H and O–H groups in total. The summed E-state index contributed by atoms with van der Waals surface area (Å²) in [6.45, 7) is 6.12. The van der Waals surface area contributed by atoms with Gasteiger partial charge in [-0.1, -0.05) is 25.5 Å². The smallest absolute Gasteiger partial charge is 0.256 e. The molecule has 154 valence electrons. The van der Waals surface area contributed by atoms with Crippen LogP contribution in [-0.2, 0) is 0 Å². The summed E-state index contributed by atoms with van der Waals surface area (Å²) in [5.74, 6) is 0.476. The van der Waals surface area contributed by atoms with Crippen molar-refractivity contribution in [2.24, 2.45) is 0 Å². The van der Waals surface area contributed by atoms with Crippen molar-refractivity contribution < 1.29 is 19.2 Å². The second kappa shape index (κ2) is 10.1. The van der Waals surface area contributed by atoms with Crippen molar-refractivity contribution in [2.45, 2.75) is 19.8 Å². The zero-order chi connectivity index (χ0) is 20.6. The number of carbonyl (C=O) groups is 2. The Labute approximate surface area is 172 Å². The molecule has 1 aliphatic heterocycles. The Hall–Kier alpha value is -2.86. The van der Waals surface area contributed by atoms with Crippen LogP contribution in [0.4, 0.5) is 5.69 Å². The highest BCUT2D eigenvalue weighted by Crippen LogP contribution is 2.20. The average molecular weight is 397 g/mol. The lowest BCUT2D eigenvalue weighted by Gasteiger charge is -2.30. The molecule has 0 atom stereocenters. The fourth-order valence-electron chi connectivity index (χ4n) is 3.27. The summed E-state index contributed by atoms with van der Waals surface area (Å²) in [6, 6.07) is 14.3. The van der Waals surface area contributed by atoms with Crippen molar-refractivity contribution in [3.8, 4) is 5.75 Å². The van der Waals surface area contributed by atoms with Gasteiger partial charge in [-0.15, -0.1) is 0 Å². The third kappa shape index (κ3) is 5.57. The van der Waals surface area contributed by atoms with Gasteiger partial charge < -0.3 is 19.9 Å². The lowest BCUT2D eigenvalue weighted by Crippen LogP contribution is -3.12. The molecule has 1 heterocycles. The Morgan fingerprint density at radius 3 is 2.45 bits per heavy atom. The molecule has 1 fully saturated rings. The molecule has 3 rings (SSSR count). The molecule has 0 spiro atoms. The normalized spacial score (nSPS) is 14.5. The summed E-state index contributed by atoms with van der Waals surface area (Å²) in [7, 11) is 2.14. The van der Waals surface area contributed by atoms with Crippen LogP contribution in [0.3, 0.4) is 0 Å². The zero-order valence-corrected chi connectivity index (χ0v) is 17.2. The van der Waals surface area contributed by atoms with E-state index in [0.717, 1.165) is 44.8 Å². The van der Waals surface area contributed by atoms with Crippen LogP contribution in [-0.4, -0.2) is 56.5 Å². The van der Waals surface area contributed by atoms with E-state index in [1.54, 1.807) is 36.4 Å². The van der Waals surface area contributed by atoms with Crippen LogP contribution in [0.15, 0.2) is 48.5 Å². The summed E-state index contributed by atoms with van der Waals surface area (Å²) in [5, 5.41) is 2.89. The molecule has 2 aromatic rings. The Kier molecular flexibility index (Phi) is 7.25. The van der Waals surface area contributed by atoms with E-state index >= 15 is 0 Å². The number of rotatable bonds is 7. The molecule has 6 nitrogen and oxygen atoms in total. The number of quaternary nitrogens is 1. The van der Waals surface area contributed by atoms with Crippen molar-refractivity contribution in [1.29, 1.82) is 0 Å². The number of hydrogen-bond donors (Lipinski definition) is 2. The molecule has 29 heavy (non-hydrogen) atoms. The van der Waals surface area contributed by atoms with E-state index in [2.05, 4.69) is 19.3 Å². The maximum atomic E-state index is 13.0. The minimum absolute atomic E-state index is 0.0342. The molecular weight excluding hydrogens is 366 g/mol. The minimum atomic E-state index is -0.242. The van der Waals surface area contributed by atoms with Crippen LogP contribution in [0.25, 0.3) is 0 Å². The average Bonchev–Trinajstić information content (AvgIpc) is 2.75. The molecule has 6 heteroatoms. The van der Waals surface area contributed by atoms with E-state index in [4.69, 9.17) is 4.74 Å².